The van der Waals surface area contributed by atoms with E-state index in [0.717, 1.165) is 4.90 Å². The Hall–Kier alpha value is -3.16. The van der Waals surface area contributed by atoms with E-state index in [1.54, 1.807) is 71.9 Å². The van der Waals surface area contributed by atoms with Gasteiger partial charge in [-0.05, 0) is 54.6 Å². The largest absolute Gasteiger partial charge is 0.324 e. The van der Waals surface area contributed by atoms with E-state index in [4.69, 9.17) is 23.2 Å². The van der Waals surface area contributed by atoms with Crippen LogP contribution in [0.25, 0.3) is 0 Å². The predicted octanol–water partition coefficient (Wildman–Crippen LogP) is 3.35. The van der Waals surface area contributed by atoms with Crippen LogP contribution in [0.4, 0.5) is 11.4 Å². The highest BCUT2D eigenvalue weighted by molar-refractivity contribution is 6.31. The average molecular weight is 455 g/mol. The summed E-state index contributed by atoms with van der Waals surface area (Å²) >= 11 is 11.9. The molecule has 0 bridgehead atoms. The van der Waals surface area contributed by atoms with Gasteiger partial charge in [0.15, 0.2) is 0 Å². The molecule has 2 aromatic rings. The molecule has 0 spiro atoms. The Bertz CT molecular complexity index is 1120. The fourth-order valence-electron chi connectivity index (χ4n) is 4.43. The highest BCUT2D eigenvalue weighted by Gasteiger charge is 2.64. The van der Waals surface area contributed by atoms with Crippen molar-refractivity contribution in [2.75, 3.05) is 10.2 Å². The molecule has 5 rings (SSSR count). The molecule has 3 aliphatic rings. The van der Waals surface area contributed by atoms with Gasteiger partial charge in [-0.2, -0.15) is 5.10 Å². The molecule has 0 saturated carbocycles. The number of carbonyl (C=O) groups excluding carboxylic acids is 3. The maximum atomic E-state index is 13.4. The molecule has 1 N–H and O–H groups in total. The molecule has 0 radical (unpaired) electrons. The molecule has 2 aromatic carbocycles. The maximum Gasteiger partial charge on any atom is 0.249 e. The second-order valence-electron chi connectivity index (χ2n) is 7.50. The maximum absolute atomic E-state index is 13.4. The molecule has 0 aromatic heterocycles. The summed E-state index contributed by atoms with van der Waals surface area (Å²) in [6.45, 7) is 0. The van der Waals surface area contributed by atoms with Crippen LogP contribution in [0, 0.1) is 11.8 Å². The van der Waals surface area contributed by atoms with E-state index in [9.17, 15) is 14.4 Å². The zero-order valence-electron chi connectivity index (χ0n) is 16.0. The number of hydrogen-bond acceptors (Lipinski definition) is 5. The molecule has 7 nitrogen and oxygen atoms in total. The van der Waals surface area contributed by atoms with Crippen LogP contribution in [-0.4, -0.2) is 41.0 Å². The fraction of sp³-hybridized carbons (Fsp3) is 0.182. The van der Waals surface area contributed by atoms with Gasteiger partial charge in [0.05, 0.1) is 23.6 Å². The van der Waals surface area contributed by atoms with E-state index in [1.807, 2.05) is 0 Å². The Balaban J connectivity index is 1.50. The lowest BCUT2D eigenvalue weighted by Gasteiger charge is -2.30. The van der Waals surface area contributed by atoms with Crippen molar-refractivity contribution in [1.82, 2.24) is 5.01 Å². The van der Waals surface area contributed by atoms with E-state index < -0.39 is 35.7 Å². The highest BCUT2D eigenvalue weighted by atomic mass is 35.5. The lowest BCUT2D eigenvalue weighted by molar-refractivity contribution is -0.129. The number of allylic oxidation sites excluding steroid dienone is 1. The normalized spacial score (nSPS) is 26.3. The van der Waals surface area contributed by atoms with Gasteiger partial charge in [-0.15, -0.1) is 0 Å². The van der Waals surface area contributed by atoms with Crippen molar-refractivity contribution in [2.24, 2.45) is 16.9 Å². The zero-order chi connectivity index (χ0) is 21.7. The minimum atomic E-state index is -0.930. The topological polar surface area (TPSA) is 82.1 Å². The van der Waals surface area contributed by atoms with Gasteiger partial charge in [-0.25, -0.2) is 4.90 Å². The molecular formula is C22H16Cl2N4O3. The number of carbonyl (C=O) groups is 3. The molecule has 31 heavy (non-hydrogen) atoms. The third kappa shape index (κ3) is 3.21. The lowest BCUT2D eigenvalue weighted by Crippen LogP contribution is -2.47. The van der Waals surface area contributed by atoms with Gasteiger partial charge in [0, 0.05) is 21.9 Å². The summed E-state index contributed by atoms with van der Waals surface area (Å²) in [5, 5.41) is 9.72. The van der Waals surface area contributed by atoms with Crippen molar-refractivity contribution < 1.29 is 14.4 Å². The Labute approximate surface area is 187 Å². The van der Waals surface area contributed by atoms with Gasteiger partial charge in [0.1, 0.15) is 6.04 Å². The van der Waals surface area contributed by atoms with E-state index >= 15 is 0 Å². The molecule has 9 heteroatoms. The lowest BCUT2D eigenvalue weighted by atomic mass is 9.88. The summed E-state index contributed by atoms with van der Waals surface area (Å²) in [4.78, 5) is 41.1. The first-order valence-corrected chi connectivity index (χ1v) is 10.4. The predicted molar refractivity (Wildman–Crippen MR) is 118 cm³/mol. The number of nitrogens with one attached hydrogen (secondary N) is 1. The van der Waals surface area contributed by atoms with Crippen molar-refractivity contribution in [3.05, 3.63) is 70.7 Å². The molecule has 4 atom stereocenters. The third-order valence-electron chi connectivity index (χ3n) is 5.76. The highest BCUT2D eigenvalue weighted by Crippen LogP contribution is 2.45. The van der Waals surface area contributed by atoms with Gasteiger partial charge in [0.25, 0.3) is 0 Å². The Morgan fingerprint density at radius 3 is 2.19 bits per heavy atom. The number of amides is 3. The van der Waals surface area contributed by atoms with Crippen molar-refractivity contribution in [3.63, 3.8) is 0 Å². The Morgan fingerprint density at radius 2 is 1.52 bits per heavy atom. The third-order valence-corrected chi connectivity index (χ3v) is 6.26. The molecule has 0 aliphatic carbocycles. The van der Waals surface area contributed by atoms with Gasteiger partial charge >= 0.3 is 0 Å². The van der Waals surface area contributed by atoms with Crippen LogP contribution >= 0.6 is 23.2 Å². The van der Waals surface area contributed by atoms with E-state index in [1.165, 1.54) is 0 Å². The molecule has 156 valence electrons. The molecule has 2 fully saturated rings. The van der Waals surface area contributed by atoms with Crippen LogP contribution in [0.15, 0.2) is 65.8 Å². The van der Waals surface area contributed by atoms with Crippen molar-refractivity contribution >= 4 is 58.5 Å². The van der Waals surface area contributed by atoms with Crippen LogP contribution in [-0.2, 0) is 14.4 Å². The van der Waals surface area contributed by atoms with E-state index in [2.05, 4.69) is 10.4 Å². The second kappa shape index (κ2) is 7.51. The number of hydrogen-bond donors (Lipinski definition) is 1. The first kappa shape index (κ1) is 19.8. The SMILES string of the molecule is O=C(Nc1ccc(Cl)cc1)[C@@H]1[C@@H]2C(=O)N(c3ccc(Cl)cc3)C(=O)[C@H]2[C@H]2C=CC=NN21. The number of fused-ring (bicyclic) bond motifs is 3. The van der Waals surface area contributed by atoms with Gasteiger partial charge in [0.2, 0.25) is 17.7 Å². The van der Waals surface area contributed by atoms with Gasteiger partial charge < -0.3 is 5.32 Å². The molecule has 3 aliphatic heterocycles. The smallest absolute Gasteiger partial charge is 0.249 e. The van der Waals surface area contributed by atoms with Crippen molar-refractivity contribution in [2.45, 2.75) is 12.1 Å². The van der Waals surface area contributed by atoms with Crippen LogP contribution in [0.5, 0.6) is 0 Å². The van der Waals surface area contributed by atoms with E-state index in [-0.39, 0.29) is 5.91 Å². The summed E-state index contributed by atoms with van der Waals surface area (Å²) in [6, 6.07) is 11.7. The summed E-state index contributed by atoms with van der Waals surface area (Å²) in [5.41, 5.74) is 0.970. The van der Waals surface area contributed by atoms with Crippen molar-refractivity contribution in [1.29, 1.82) is 0 Å². The van der Waals surface area contributed by atoms with E-state index in [0.29, 0.717) is 21.4 Å². The zero-order valence-corrected chi connectivity index (χ0v) is 17.5. The number of rotatable bonds is 3. The molecule has 3 amide bonds. The van der Waals surface area contributed by atoms with Crippen LogP contribution < -0.4 is 10.2 Å². The monoisotopic (exact) mass is 454 g/mol. The van der Waals surface area contributed by atoms with Crippen LogP contribution in [0.3, 0.4) is 0 Å². The fourth-order valence-corrected chi connectivity index (χ4v) is 4.68. The van der Waals surface area contributed by atoms with Crippen LogP contribution in [0.1, 0.15) is 0 Å². The molecule has 0 unspecified atom stereocenters. The van der Waals surface area contributed by atoms with Crippen molar-refractivity contribution in [3.8, 4) is 0 Å². The average Bonchev–Trinajstić information content (AvgIpc) is 3.24. The quantitative estimate of drug-likeness (QED) is 0.720. The summed E-state index contributed by atoms with van der Waals surface area (Å²) in [7, 11) is 0. The Kier molecular flexibility index (Phi) is 4.79. The number of anilines is 2. The first-order chi connectivity index (χ1) is 15.0. The standard InChI is InChI=1S/C22H16Cl2N4O3/c23-12-3-7-14(8-4-12)26-20(29)19-18-17(16-2-1-11-25-28(16)19)21(30)27(22(18)31)15-9-5-13(24)6-10-15/h1-11,16-19H,(H,26,29)/t16-,17+,18-,19+/m1/s1. The summed E-state index contributed by atoms with van der Waals surface area (Å²) < 4.78 is 0. The molecule has 3 heterocycles. The number of hydrazone groups is 1. The van der Waals surface area contributed by atoms with Crippen LogP contribution in [0.2, 0.25) is 10.0 Å². The number of imide groups is 1. The second-order valence-corrected chi connectivity index (χ2v) is 8.37. The minimum absolute atomic E-state index is 0.351. The summed E-state index contributed by atoms with van der Waals surface area (Å²) in [6.07, 6.45) is 5.07. The van der Waals surface area contributed by atoms with Gasteiger partial charge in [-0.3, -0.25) is 19.4 Å². The Morgan fingerprint density at radius 1 is 0.903 bits per heavy atom. The number of halogens is 2. The molecule has 2 saturated heterocycles. The molecular weight excluding hydrogens is 439 g/mol. The summed E-state index contributed by atoms with van der Waals surface area (Å²) in [5.74, 6) is -2.76. The first-order valence-electron chi connectivity index (χ1n) is 9.64. The minimum Gasteiger partial charge on any atom is -0.324 e. The number of nitrogens with zero attached hydrogens (tertiary/aromatic N) is 3. The number of benzene rings is 2. The van der Waals surface area contributed by atoms with Gasteiger partial charge in [-0.1, -0.05) is 29.3 Å².